The first-order valence-electron chi connectivity index (χ1n) is 8.03. The van der Waals surface area contributed by atoms with Gasteiger partial charge < -0.3 is 21.1 Å². The van der Waals surface area contributed by atoms with Gasteiger partial charge in [-0.1, -0.05) is 18.6 Å². The fourth-order valence-electron chi connectivity index (χ4n) is 2.97. The molecule has 1 saturated carbocycles. The molecular weight excluding hydrogens is 310 g/mol. The highest BCUT2D eigenvalue weighted by atomic mass is 16.5. The van der Waals surface area contributed by atoms with Crippen LogP contribution in [-0.2, 0) is 9.59 Å². The highest BCUT2D eigenvalue weighted by Gasteiger charge is 2.32. The summed E-state index contributed by atoms with van der Waals surface area (Å²) in [7, 11) is 1.50. The molecule has 0 unspecified atom stereocenters. The standard InChI is InChI=1S/C17H23N3O4/c1-24-14-8-3-2-5-12(14)17(23)19-10-9-15(21)20-13-7-4-6-11(13)16(18)22/h2-3,5,8,11,13H,4,6-7,9-10H2,1H3,(H2,18,22)(H,19,23)(H,20,21)/t11-,13+/m1/s1. The summed E-state index contributed by atoms with van der Waals surface area (Å²) in [6.45, 7) is 0.205. The maximum atomic E-state index is 12.1. The van der Waals surface area contributed by atoms with E-state index < -0.39 is 0 Å². The minimum Gasteiger partial charge on any atom is -0.496 e. The summed E-state index contributed by atoms with van der Waals surface area (Å²) in [5, 5.41) is 5.52. The van der Waals surface area contributed by atoms with Gasteiger partial charge in [-0.2, -0.15) is 0 Å². The largest absolute Gasteiger partial charge is 0.496 e. The van der Waals surface area contributed by atoms with E-state index in [-0.39, 0.29) is 42.6 Å². The van der Waals surface area contributed by atoms with E-state index in [0.29, 0.717) is 17.7 Å². The van der Waals surface area contributed by atoms with Gasteiger partial charge in [-0.15, -0.1) is 0 Å². The number of nitrogens with two attached hydrogens (primary N) is 1. The number of carbonyl (C=O) groups is 3. The summed E-state index contributed by atoms with van der Waals surface area (Å²) in [5.41, 5.74) is 5.76. The number of nitrogens with one attached hydrogen (secondary N) is 2. The van der Waals surface area contributed by atoms with Crippen LogP contribution in [0.25, 0.3) is 0 Å². The lowest BCUT2D eigenvalue weighted by atomic mass is 10.0. The Bertz CT molecular complexity index is 618. The number of rotatable bonds is 7. The maximum Gasteiger partial charge on any atom is 0.255 e. The number of amides is 3. The van der Waals surface area contributed by atoms with Gasteiger partial charge in [0.05, 0.1) is 18.6 Å². The van der Waals surface area contributed by atoms with Crippen molar-refractivity contribution in [2.75, 3.05) is 13.7 Å². The van der Waals surface area contributed by atoms with Crippen molar-refractivity contribution in [3.8, 4) is 5.75 Å². The first-order valence-corrected chi connectivity index (χ1v) is 8.03. The quantitative estimate of drug-likeness (QED) is 0.678. The zero-order chi connectivity index (χ0) is 17.5. The van der Waals surface area contributed by atoms with Crippen LogP contribution >= 0.6 is 0 Å². The third-order valence-electron chi connectivity index (χ3n) is 4.22. The predicted octanol–water partition coefficient (Wildman–Crippen LogP) is 0.585. The summed E-state index contributed by atoms with van der Waals surface area (Å²) in [4.78, 5) is 35.4. The predicted molar refractivity (Wildman–Crippen MR) is 88.4 cm³/mol. The van der Waals surface area contributed by atoms with E-state index in [9.17, 15) is 14.4 Å². The minimum atomic E-state index is -0.373. The SMILES string of the molecule is COc1ccccc1C(=O)NCCC(=O)N[C@H]1CCC[C@H]1C(N)=O. The molecule has 7 heteroatoms. The number of hydrogen-bond acceptors (Lipinski definition) is 4. The smallest absolute Gasteiger partial charge is 0.255 e. The normalized spacial score (nSPS) is 19.5. The molecule has 130 valence electrons. The molecule has 0 aliphatic heterocycles. The molecule has 0 radical (unpaired) electrons. The van der Waals surface area contributed by atoms with Crippen LogP contribution in [0.3, 0.4) is 0 Å². The molecule has 4 N–H and O–H groups in total. The molecule has 1 aromatic rings. The molecule has 1 aliphatic carbocycles. The maximum absolute atomic E-state index is 12.1. The second-order valence-corrected chi connectivity index (χ2v) is 5.82. The number of ether oxygens (including phenoxy) is 1. The molecular formula is C17H23N3O4. The van der Waals surface area contributed by atoms with Gasteiger partial charge in [0.2, 0.25) is 11.8 Å². The van der Waals surface area contributed by atoms with E-state index in [0.717, 1.165) is 12.8 Å². The van der Waals surface area contributed by atoms with Gasteiger partial charge in [-0.25, -0.2) is 0 Å². The lowest BCUT2D eigenvalue weighted by Crippen LogP contribution is -2.43. The molecule has 1 aliphatic rings. The van der Waals surface area contributed by atoms with Gasteiger partial charge in [0.15, 0.2) is 0 Å². The molecule has 2 atom stereocenters. The Kier molecular flexibility index (Phi) is 6.17. The highest BCUT2D eigenvalue weighted by Crippen LogP contribution is 2.25. The van der Waals surface area contributed by atoms with E-state index in [2.05, 4.69) is 10.6 Å². The Morgan fingerprint density at radius 3 is 2.71 bits per heavy atom. The molecule has 1 aromatic carbocycles. The first-order chi connectivity index (χ1) is 11.5. The summed E-state index contributed by atoms with van der Waals surface area (Å²) >= 11 is 0. The first kappa shape index (κ1) is 17.8. The lowest BCUT2D eigenvalue weighted by molar-refractivity contribution is -0.124. The number of benzene rings is 1. The summed E-state index contributed by atoms with van der Waals surface area (Å²) in [6.07, 6.45) is 2.49. The lowest BCUT2D eigenvalue weighted by Gasteiger charge is -2.18. The monoisotopic (exact) mass is 333 g/mol. The van der Waals surface area contributed by atoms with Crippen LogP contribution in [0.2, 0.25) is 0 Å². The Labute approximate surface area is 140 Å². The van der Waals surface area contributed by atoms with Gasteiger partial charge in [0, 0.05) is 19.0 Å². The van der Waals surface area contributed by atoms with E-state index >= 15 is 0 Å². The van der Waals surface area contributed by atoms with Crippen LogP contribution in [-0.4, -0.2) is 37.4 Å². The number of para-hydroxylation sites is 1. The fourth-order valence-corrected chi connectivity index (χ4v) is 2.97. The Morgan fingerprint density at radius 1 is 1.25 bits per heavy atom. The number of methoxy groups -OCH3 is 1. The average Bonchev–Trinajstić information content (AvgIpc) is 3.03. The van der Waals surface area contributed by atoms with E-state index in [1.165, 1.54) is 7.11 Å². The second-order valence-electron chi connectivity index (χ2n) is 5.82. The van der Waals surface area contributed by atoms with E-state index in [1.54, 1.807) is 24.3 Å². The minimum absolute atomic E-state index is 0.142. The fraction of sp³-hybridized carbons (Fsp3) is 0.471. The number of hydrogen-bond donors (Lipinski definition) is 3. The van der Waals surface area contributed by atoms with Gasteiger partial charge in [-0.3, -0.25) is 14.4 Å². The molecule has 7 nitrogen and oxygen atoms in total. The molecule has 24 heavy (non-hydrogen) atoms. The van der Waals surface area contributed by atoms with Gasteiger partial charge in [0.25, 0.3) is 5.91 Å². The van der Waals surface area contributed by atoms with Gasteiger partial charge in [-0.05, 0) is 25.0 Å². The van der Waals surface area contributed by atoms with E-state index in [1.807, 2.05) is 0 Å². The van der Waals surface area contributed by atoms with Crippen molar-refractivity contribution in [3.05, 3.63) is 29.8 Å². The van der Waals surface area contributed by atoms with Crippen molar-refractivity contribution in [3.63, 3.8) is 0 Å². The zero-order valence-corrected chi connectivity index (χ0v) is 13.7. The molecule has 2 rings (SSSR count). The zero-order valence-electron chi connectivity index (χ0n) is 13.7. The molecule has 3 amide bonds. The molecule has 0 aromatic heterocycles. The van der Waals surface area contributed by atoms with Crippen molar-refractivity contribution in [2.45, 2.75) is 31.7 Å². The van der Waals surface area contributed by atoms with Gasteiger partial charge >= 0.3 is 0 Å². The van der Waals surface area contributed by atoms with Gasteiger partial charge in [0.1, 0.15) is 5.75 Å². The van der Waals surface area contributed by atoms with Crippen LogP contribution in [0.4, 0.5) is 0 Å². The van der Waals surface area contributed by atoms with Crippen LogP contribution in [0.15, 0.2) is 24.3 Å². The highest BCUT2D eigenvalue weighted by molar-refractivity contribution is 5.97. The molecule has 0 spiro atoms. The third-order valence-corrected chi connectivity index (χ3v) is 4.22. The topological polar surface area (TPSA) is 111 Å². The van der Waals surface area contributed by atoms with Crippen molar-refractivity contribution >= 4 is 17.7 Å². The summed E-state index contributed by atoms with van der Waals surface area (Å²) in [5.74, 6) is -0.682. The van der Waals surface area contributed by atoms with Crippen LogP contribution in [0.5, 0.6) is 5.75 Å². The van der Waals surface area contributed by atoms with E-state index in [4.69, 9.17) is 10.5 Å². The second kappa shape index (κ2) is 8.33. The van der Waals surface area contributed by atoms with Crippen LogP contribution in [0.1, 0.15) is 36.0 Å². The summed E-state index contributed by atoms with van der Waals surface area (Å²) in [6, 6.07) is 6.68. The van der Waals surface area contributed by atoms with Crippen molar-refractivity contribution in [1.29, 1.82) is 0 Å². The van der Waals surface area contributed by atoms with Crippen molar-refractivity contribution < 1.29 is 19.1 Å². The Hall–Kier alpha value is -2.57. The molecule has 1 fully saturated rings. The Balaban J connectivity index is 1.78. The average molecular weight is 333 g/mol. The molecule has 0 saturated heterocycles. The van der Waals surface area contributed by atoms with Crippen LogP contribution in [0, 0.1) is 5.92 Å². The molecule has 0 heterocycles. The summed E-state index contributed by atoms with van der Waals surface area (Å²) < 4.78 is 5.13. The number of carbonyl (C=O) groups excluding carboxylic acids is 3. The van der Waals surface area contributed by atoms with Crippen molar-refractivity contribution in [1.82, 2.24) is 10.6 Å². The van der Waals surface area contributed by atoms with Crippen molar-refractivity contribution in [2.24, 2.45) is 11.7 Å². The number of primary amides is 1. The third kappa shape index (κ3) is 4.47. The van der Waals surface area contributed by atoms with Crippen LogP contribution < -0.4 is 21.1 Å². The molecule has 0 bridgehead atoms. The Morgan fingerprint density at radius 2 is 2.00 bits per heavy atom.